The molecule has 37 heavy (non-hydrogen) atoms. The molecule has 2 aliphatic heterocycles. The van der Waals surface area contributed by atoms with Crippen LogP contribution in [0.25, 0.3) is 10.4 Å². The lowest BCUT2D eigenvalue weighted by atomic mass is 9.97. The van der Waals surface area contributed by atoms with Crippen molar-refractivity contribution in [3.05, 3.63) is 35.0 Å². The number of nitrogens with one attached hydrogen (secondary N) is 1. The van der Waals surface area contributed by atoms with Gasteiger partial charge in [-0.15, -0.1) is 11.3 Å². The SMILES string of the molecule is CN1C(=O)Cc2ccc(-c3cnc(CC(C#N)NC(=O)[C@@H]4[C@H]5CC[C@H](C5)N4C(=O)OC(C)(C)C)s3)cc21. The van der Waals surface area contributed by atoms with Crippen molar-refractivity contribution in [2.45, 2.75) is 76.6 Å². The van der Waals surface area contributed by atoms with Crippen LogP contribution >= 0.6 is 11.3 Å². The van der Waals surface area contributed by atoms with Crippen LogP contribution in [0.3, 0.4) is 0 Å². The largest absolute Gasteiger partial charge is 0.444 e. The van der Waals surface area contributed by atoms with E-state index in [2.05, 4.69) is 16.4 Å². The van der Waals surface area contributed by atoms with E-state index in [-0.39, 0.29) is 30.2 Å². The van der Waals surface area contributed by atoms with E-state index in [1.165, 1.54) is 11.3 Å². The van der Waals surface area contributed by atoms with E-state index < -0.39 is 23.8 Å². The van der Waals surface area contributed by atoms with Crippen molar-refractivity contribution >= 4 is 34.9 Å². The van der Waals surface area contributed by atoms with Crippen LogP contribution in [0, 0.1) is 17.2 Å². The number of nitriles is 1. The zero-order valence-electron chi connectivity index (χ0n) is 21.5. The van der Waals surface area contributed by atoms with Crippen LogP contribution in [-0.4, -0.2) is 58.6 Å². The normalized spacial score (nSPS) is 23.1. The van der Waals surface area contributed by atoms with E-state index >= 15 is 0 Å². The number of likely N-dealkylation sites (N-methyl/N-ethyl adjacent to an activating group) is 1. The molecule has 1 aromatic heterocycles. The zero-order chi connectivity index (χ0) is 26.5. The van der Waals surface area contributed by atoms with E-state index in [0.29, 0.717) is 6.42 Å². The van der Waals surface area contributed by atoms with Gasteiger partial charge in [-0.1, -0.05) is 12.1 Å². The maximum atomic E-state index is 13.3. The fourth-order valence-electron chi connectivity index (χ4n) is 5.60. The van der Waals surface area contributed by atoms with E-state index in [9.17, 15) is 19.6 Å². The minimum atomic E-state index is -0.769. The van der Waals surface area contributed by atoms with Gasteiger partial charge < -0.3 is 15.0 Å². The number of hydrogen-bond donors (Lipinski definition) is 1. The zero-order valence-corrected chi connectivity index (χ0v) is 22.3. The second-order valence-corrected chi connectivity index (χ2v) is 12.2. The van der Waals surface area contributed by atoms with E-state index in [4.69, 9.17) is 4.74 Å². The van der Waals surface area contributed by atoms with Crippen molar-refractivity contribution in [1.29, 1.82) is 5.26 Å². The number of carbonyl (C=O) groups excluding carboxylic acids is 3. The number of thiazole rings is 1. The summed E-state index contributed by atoms with van der Waals surface area (Å²) in [5.41, 5.74) is 2.22. The third-order valence-electron chi connectivity index (χ3n) is 7.31. The Morgan fingerprint density at radius 1 is 1.32 bits per heavy atom. The number of nitrogens with zero attached hydrogens (tertiary/aromatic N) is 4. The summed E-state index contributed by atoms with van der Waals surface area (Å²) >= 11 is 1.46. The number of ether oxygens (including phenoxy) is 1. The summed E-state index contributed by atoms with van der Waals surface area (Å²) in [5, 5.41) is 13.4. The first kappa shape index (κ1) is 25.2. The Morgan fingerprint density at radius 3 is 2.84 bits per heavy atom. The number of amides is 3. The van der Waals surface area contributed by atoms with Gasteiger partial charge >= 0.3 is 6.09 Å². The molecule has 4 atom stereocenters. The Balaban J connectivity index is 1.26. The first-order chi connectivity index (χ1) is 17.5. The van der Waals surface area contributed by atoms with Gasteiger partial charge in [-0.05, 0) is 63.1 Å². The maximum absolute atomic E-state index is 13.3. The summed E-state index contributed by atoms with van der Waals surface area (Å²) in [4.78, 5) is 46.9. The Kier molecular flexibility index (Phi) is 6.44. The molecule has 1 saturated heterocycles. The van der Waals surface area contributed by atoms with Crippen LogP contribution in [0.2, 0.25) is 0 Å². The first-order valence-corrected chi connectivity index (χ1v) is 13.4. The molecule has 194 valence electrons. The fourth-order valence-corrected chi connectivity index (χ4v) is 6.56. The summed E-state index contributed by atoms with van der Waals surface area (Å²) in [7, 11) is 1.77. The van der Waals surface area contributed by atoms with E-state index in [1.807, 2.05) is 39.0 Å². The molecule has 9 nitrogen and oxygen atoms in total. The van der Waals surface area contributed by atoms with E-state index in [0.717, 1.165) is 46.0 Å². The number of benzene rings is 1. The second-order valence-electron chi connectivity index (χ2n) is 11.0. The van der Waals surface area contributed by atoms with Crippen molar-refractivity contribution in [3.8, 4) is 16.5 Å². The number of aromatic nitrogens is 1. The number of carbonyl (C=O) groups is 3. The van der Waals surface area contributed by atoms with Crippen molar-refractivity contribution in [3.63, 3.8) is 0 Å². The number of fused-ring (bicyclic) bond motifs is 3. The molecule has 1 aliphatic carbocycles. The molecule has 2 fully saturated rings. The molecule has 3 heterocycles. The molecule has 1 unspecified atom stereocenters. The predicted molar refractivity (Wildman–Crippen MR) is 139 cm³/mol. The molecule has 3 aliphatic rings. The number of anilines is 1. The predicted octanol–water partition coefficient (Wildman–Crippen LogP) is 3.67. The van der Waals surface area contributed by atoms with Gasteiger partial charge in [0.15, 0.2) is 0 Å². The van der Waals surface area contributed by atoms with Gasteiger partial charge in [0.1, 0.15) is 17.7 Å². The summed E-state index contributed by atoms with van der Waals surface area (Å²) in [6, 6.07) is 6.72. The summed E-state index contributed by atoms with van der Waals surface area (Å²) < 4.78 is 5.58. The minimum Gasteiger partial charge on any atom is -0.444 e. The fraction of sp³-hybridized carbons (Fsp3) is 0.519. The number of hydrogen-bond acceptors (Lipinski definition) is 7. The van der Waals surface area contributed by atoms with Gasteiger partial charge in [0.2, 0.25) is 11.8 Å². The average Bonchev–Trinajstić information content (AvgIpc) is 3.62. The molecular formula is C27H31N5O4S. The molecule has 10 heteroatoms. The molecule has 1 N–H and O–H groups in total. The third-order valence-corrected chi connectivity index (χ3v) is 8.38. The van der Waals surface area contributed by atoms with Crippen LogP contribution < -0.4 is 10.2 Å². The summed E-state index contributed by atoms with van der Waals surface area (Å²) in [5.74, 6) is -0.161. The molecule has 2 aromatic rings. The maximum Gasteiger partial charge on any atom is 0.411 e. The Bertz CT molecular complexity index is 1290. The lowest BCUT2D eigenvalue weighted by Gasteiger charge is -2.35. The highest BCUT2D eigenvalue weighted by atomic mass is 32.1. The number of rotatable bonds is 5. The van der Waals surface area contributed by atoms with E-state index in [1.54, 1.807) is 23.0 Å². The van der Waals surface area contributed by atoms with Gasteiger partial charge in [-0.3, -0.25) is 14.5 Å². The lowest BCUT2D eigenvalue weighted by molar-refractivity contribution is -0.128. The van der Waals surface area contributed by atoms with Gasteiger partial charge in [0, 0.05) is 31.4 Å². The monoisotopic (exact) mass is 521 g/mol. The van der Waals surface area contributed by atoms with Gasteiger partial charge in [0.25, 0.3) is 0 Å². The number of piperidine rings is 1. The molecule has 5 rings (SSSR count). The summed E-state index contributed by atoms with van der Waals surface area (Å²) in [6.07, 6.45) is 4.50. The van der Waals surface area contributed by atoms with Gasteiger partial charge in [-0.25, -0.2) is 9.78 Å². The molecule has 2 bridgehead atoms. The average molecular weight is 522 g/mol. The Hall–Kier alpha value is -3.45. The quantitative estimate of drug-likeness (QED) is 0.642. The van der Waals surface area contributed by atoms with Crippen molar-refractivity contribution in [2.24, 2.45) is 5.92 Å². The first-order valence-electron chi connectivity index (χ1n) is 12.6. The topological polar surface area (TPSA) is 116 Å². The summed E-state index contributed by atoms with van der Waals surface area (Å²) in [6.45, 7) is 5.43. The van der Waals surface area contributed by atoms with Crippen LogP contribution in [0.5, 0.6) is 0 Å². The number of likely N-dealkylation sites (tertiary alicyclic amines) is 1. The standard InChI is InChI=1S/C27H31N5O4S/c1-27(2,3)36-26(35)32-19-8-7-17(9-19)24(32)25(34)30-18(13-28)12-22-29-14-21(37-22)16-6-5-15-11-23(33)31(4)20(15)10-16/h5-6,10,14,17-19,24H,7-9,11-12H2,1-4H3,(H,30,34)/t17-,18?,19+,24-/m0/s1. The molecule has 0 radical (unpaired) electrons. The molecule has 3 amide bonds. The van der Waals surface area contributed by atoms with Crippen LogP contribution in [0.15, 0.2) is 24.4 Å². The van der Waals surface area contributed by atoms with Crippen molar-refractivity contribution < 1.29 is 19.1 Å². The van der Waals surface area contributed by atoms with Crippen molar-refractivity contribution in [1.82, 2.24) is 15.2 Å². The lowest BCUT2D eigenvalue weighted by Crippen LogP contribution is -2.55. The highest BCUT2D eigenvalue weighted by Crippen LogP contribution is 2.43. The Morgan fingerprint density at radius 2 is 2.11 bits per heavy atom. The highest BCUT2D eigenvalue weighted by molar-refractivity contribution is 7.15. The van der Waals surface area contributed by atoms with Crippen LogP contribution in [-0.2, 0) is 27.2 Å². The third kappa shape index (κ3) is 4.92. The highest BCUT2D eigenvalue weighted by Gasteiger charge is 2.52. The van der Waals surface area contributed by atoms with Gasteiger partial charge in [0.05, 0.1) is 22.4 Å². The Labute approximate surface area is 220 Å². The molecule has 1 saturated carbocycles. The van der Waals surface area contributed by atoms with Gasteiger partial charge in [-0.2, -0.15) is 5.26 Å². The van der Waals surface area contributed by atoms with Crippen molar-refractivity contribution in [2.75, 3.05) is 11.9 Å². The molecule has 0 spiro atoms. The smallest absolute Gasteiger partial charge is 0.411 e. The molecular weight excluding hydrogens is 490 g/mol. The molecule has 1 aromatic carbocycles. The second kappa shape index (κ2) is 9.45. The minimum absolute atomic E-state index is 0.000633. The van der Waals surface area contributed by atoms with Crippen LogP contribution in [0.1, 0.15) is 50.6 Å². The van der Waals surface area contributed by atoms with Crippen LogP contribution in [0.4, 0.5) is 10.5 Å².